The lowest BCUT2D eigenvalue weighted by Gasteiger charge is -2.02. The molecular formula is C13H14N2O4S. The van der Waals surface area contributed by atoms with Crippen LogP contribution in [0.4, 0.5) is 0 Å². The maximum absolute atomic E-state index is 12.1. The van der Waals surface area contributed by atoms with Crippen LogP contribution in [-0.4, -0.2) is 31.8 Å². The van der Waals surface area contributed by atoms with Crippen molar-refractivity contribution in [3.8, 4) is 17.6 Å². The highest BCUT2D eigenvalue weighted by Gasteiger charge is 2.69. The van der Waals surface area contributed by atoms with E-state index in [1.165, 1.54) is 0 Å². The van der Waals surface area contributed by atoms with Crippen LogP contribution in [-0.2, 0) is 9.84 Å². The third-order valence-electron chi connectivity index (χ3n) is 3.92. The summed E-state index contributed by atoms with van der Waals surface area (Å²) in [6.45, 7) is 1.70. The molecule has 3 atom stereocenters. The average molecular weight is 294 g/mol. The molecule has 1 saturated carbocycles. The zero-order valence-corrected chi connectivity index (χ0v) is 11.7. The number of nitrogens with zero attached hydrogens (tertiary/aromatic N) is 1. The number of rotatable bonds is 3. The number of nitrogens with two attached hydrogens (primary N) is 1. The summed E-state index contributed by atoms with van der Waals surface area (Å²) >= 11 is 0. The molecule has 20 heavy (non-hydrogen) atoms. The second-order valence-electron chi connectivity index (χ2n) is 5.01. The quantitative estimate of drug-likeness (QED) is 0.872. The van der Waals surface area contributed by atoms with Crippen molar-refractivity contribution < 1.29 is 17.9 Å². The van der Waals surface area contributed by atoms with Crippen molar-refractivity contribution >= 4 is 9.84 Å². The van der Waals surface area contributed by atoms with Gasteiger partial charge < -0.3 is 15.2 Å². The topological polar surface area (TPSA) is 102 Å². The first-order valence-electron chi connectivity index (χ1n) is 6.25. The van der Waals surface area contributed by atoms with Gasteiger partial charge in [-0.2, -0.15) is 5.26 Å². The van der Waals surface area contributed by atoms with Gasteiger partial charge in [0.05, 0.1) is 6.07 Å². The zero-order chi connectivity index (χ0) is 14.5. The molecule has 0 unspecified atom stereocenters. The van der Waals surface area contributed by atoms with Crippen molar-refractivity contribution in [3.63, 3.8) is 0 Å². The van der Waals surface area contributed by atoms with Crippen molar-refractivity contribution in [3.05, 3.63) is 23.8 Å². The van der Waals surface area contributed by atoms with Crippen LogP contribution in [0.15, 0.2) is 18.2 Å². The predicted molar refractivity (Wildman–Crippen MR) is 71.1 cm³/mol. The van der Waals surface area contributed by atoms with E-state index >= 15 is 0 Å². The van der Waals surface area contributed by atoms with Crippen LogP contribution in [0.3, 0.4) is 0 Å². The number of fused-ring (bicyclic) bond motifs is 1. The Morgan fingerprint density at radius 1 is 1.45 bits per heavy atom. The molecule has 2 N–H and O–H groups in total. The molecule has 1 aromatic carbocycles. The first-order chi connectivity index (χ1) is 9.44. The zero-order valence-electron chi connectivity index (χ0n) is 10.9. The second-order valence-corrected chi connectivity index (χ2v) is 7.42. The molecule has 7 heteroatoms. The second kappa shape index (κ2) is 4.11. The van der Waals surface area contributed by atoms with Crippen LogP contribution in [0, 0.1) is 11.3 Å². The molecule has 106 valence electrons. The maximum Gasteiger partial charge on any atom is 0.231 e. The summed E-state index contributed by atoms with van der Waals surface area (Å²) < 4.78 is 34.6. The van der Waals surface area contributed by atoms with E-state index < -0.39 is 26.5 Å². The van der Waals surface area contributed by atoms with E-state index in [0.717, 1.165) is 0 Å². The Kier molecular flexibility index (Phi) is 2.71. The summed E-state index contributed by atoms with van der Waals surface area (Å²) in [5.74, 6) is 0.623. The van der Waals surface area contributed by atoms with E-state index in [4.69, 9.17) is 15.2 Å². The predicted octanol–water partition coefficient (Wildman–Crippen LogP) is 0.537. The average Bonchev–Trinajstić information content (AvgIpc) is 2.83. The summed E-state index contributed by atoms with van der Waals surface area (Å²) in [7, 11) is -3.38. The molecular weight excluding hydrogens is 280 g/mol. The van der Waals surface area contributed by atoms with E-state index in [0.29, 0.717) is 17.1 Å². The van der Waals surface area contributed by atoms with Crippen LogP contribution in [0.2, 0.25) is 0 Å². The minimum absolute atomic E-state index is 0.0284. The van der Waals surface area contributed by atoms with Crippen molar-refractivity contribution in [1.82, 2.24) is 0 Å². The molecule has 6 nitrogen and oxygen atoms in total. The van der Waals surface area contributed by atoms with E-state index in [9.17, 15) is 13.7 Å². The third kappa shape index (κ3) is 1.69. The Labute approximate surface area is 117 Å². The number of ether oxygens (including phenoxy) is 2. The Morgan fingerprint density at radius 2 is 2.15 bits per heavy atom. The Balaban J connectivity index is 2.01. The van der Waals surface area contributed by atoms with E-state index in [2.05, 4.69) is 0 Å². The molecule has 0 amide bonds. The van der Waals surface area contributed by atoms with Gasteiger partial charge in [-0.3, -0.25) is 0 Å². The fraction of sp³-hybridized carbons (Fsp3) is 0.462. The fourth-order valence-corrected chi connectivity index (χ4v) is 4.62. The van der Waals surface area contributed by atoms with Crippen LogP contribution in [0.5, 0.6) is 11.5 Å². The van der Waals surface area contributed by atoms with Gasteiger partial charge in [0, 0.05) is 11.7 Å². The van der Waals surface area contributed by atoms with E-state index in [-0.39, 0.29) is 12.5 Å². The lowest BCUT2D eigenvalue weighted by molar-refractivity contribution is 0.174. The van der Waals surface area contributed by atoms with Crippen LogP contribution >= 0.6 is 0 Å². The summed E-state index contributed by atoms with van der Waals surface area (Å²) in [5.41, 5.74) is 5.30. The van der Waals surface area contributed by atoms with Gasteiger partial charge in [-0.15, -0.1) is 0 Å². The van der Waals surface area contributed by atoms with E-state index in [1.807, 2.05) is 6.07 Å². The van der Waals surface area contributed by atoms with Crippen molar-refractivity contribution in [2.45, 2.75) is 23.6 Å². The van der Waals surface area contributed by atoms with Gasteiger partial charge in [0.25, 0.3) is 0 Å². The van der Waals surface area contributed by atoms with Crippen LogP contribution in [0.25, 0.3) is 0 Å². The van der Waals surface area contributed by atoms with Crippen molar-refractivity contribution in [2.75, 3.05) is 12.5 Å². The van der Waals surface area contributed by atoms with Crippen LogP contribution < -0.4 is 15.2 Å². The number of sulfone groups is 1. The molecule has 3 rings (SSSR count). The molecule has 0 saturated heterocycles. The molecule has 0 radical (unpaired) electrons. The van der Waals surface area contributed by atoms with Gasteiger partial charge in [0.15, 0.2) is 21.3 Å². The minimum Gasteiger partial charge on any atom is -0.454 e. The normalized spacial score (nSPS) is 30.9. The van der Waals surface area contributed by atoms with Gasteiger partial charge >= 0.3 is 0 Å². The Hall–Kier alpha value is -1.78. The van der Waals surface area contributed by atoms with Gasteiger partial charge in [0.2, 0.25) is 6.79 Å². The number of benzene rings is 1. The monoisotopic (exact) mass is 294 g/mol. The summed E-state index contributed by atoms with van der Waals surface area (Å²) in [6.07, 6.45) is 0. The van der Waals surface area contributed by atoms with Gasteiger partial charge in [-0.1, -0.05) is 13.0 Å². The van der Waals surface area contributed by atoms with Crippen LogP contribution in [0.1, 0.15) is 18.4 Å². The molecule has 1 aromatic rings. The molecule has 0 spiro atoms. The standard InChI is InChI=1S/C13H14N2O4S/c1-2-20(16,17)12-11(13(12,15)6-14)8-3-4-9-10(5-8)19-7-18-9/h3-5,11-12H,2,7,15H2,1H3/t11-,12-,13-/m1/s1. The summed E-state index contributed by atoms with van der Waals surface area (Å²) in [6, 6.07) is 7.10. The fourth-order valence-electron chi connectivity index (χ4n) is 2.75. The lowest BCUT2D eigenvalue weighted by atomic mass is 10.1. The van der Waals surface area contributed by atoms with Gasteiger partial charge in [-0.25, -0.2) is 8.42 Å². The Bertz CT molecular complexity index is 710. The van der Waals surface area contributed by atoms with Gasteiger partial charge in [-0.05, 0) is 17.7 Å². The lowest BCUT2D eigenvalue weighted by Crippen LogP contribution is -2.29. The first kappa shape index (κ1) is 13.2. The summed E-state index contributed by atoms with van der Waals surface area (Å²) in [5, 5.41) is 8.37. The number of nitriles is 1. The van der Waals surface area contributed by atoms with E-state index in [1.54, 1.807) is 25.1 Å². The highest BCUT2D eigenvalue weighted by molar-refractivity contribution is 7.92. The SMILES string of the molecule is CCS(=O)(=O)[C@@H]1[C@@H](c2ccc3c(c2)OCO3)[C@]1(N)C#N. The van der Waals surface area contributed by atoms with Gasteiger partial charge in [0.1, 0.15) is 10.8 Å². The number of hydrogen-bond acceptors (Lipinski definition) is 6. The largest absolute Gasteiger partial charge is 0.454 e. The summed E-state index contributed by atoms with van der Waals surface area (Å²) in [4.78, 5) is 0. The third-order valence-corrected chi connectivity index (χ3v) is 6.16. The molecule has 0 bridgehead atoms. The van der Waals surface area contributed by atoms with Crippen molar-refractivity contribution in [1.29, 1.82) is 5.26 Å². The molecule has 1 aliphatic carbocycles. The Morgan fingerprint density at radius 3 is 2.80 bits per heavy atom. The smallest absolute Gasteiger partial charge is 0.231 e. The number of hydrogen-bond donors (Lipinski definition) is 1. The first-order valence-corrected chi connectivity index (χ1v) is 7.97. The molecule has 1 heterocycles. The highest BCUT2D eigenvalue weighted by atomic mass is 32.2. The molecule has 2 aliphatic rings. The molecule has 1 fully saturated rings. The van der Waals surface area contributed by atoms with Crippen molar-refractivity contribution in [2.24, 2.45) is 5.73 Å². The molecule has 0 aromatic heterocycles. The molecule has 1 aliphatic heterocycles. The minimum atomic E-state index is -3.38. The highest BCUT2D eigenvalue weighted by Crippen LogP contribution is 2.55. The maximum atomic E-state index is 12.1.